The normalized spacial score (nSPS) is 24.8. The van der Waals surface area contributed by atoms with Crippen LogP contribution in [0.15, 0.2) is 24.3 Å². The maximum absolute atomic E-state index is 5.89. The standard InChI is InChI=1S/C15H23NO/c1-3-8-16-14-7-9-17-15(11-14)13-6-4-5-12(2)10-13/h4-6,10,14-16H,3,7-9,11H2,1-2H3. The van der Waals surface area contributed by atoms with Crippen LogP contribution in [-0.2, 0) is 4.74 Å². The molecule has 1 heterocycles. The summed E-state index contributed by atoms with van der Waals surface area (Å²) in [6.07, 6.45) is 3.72. The predicted octanol–water partition coefficient (Wildman–Crippen LogP) is 3.21. The average molecular weight is 233 g/mol. The SMILES string of the molecule is CCCNC1CCOC(c2cccc(C)c2)C1. The molecule has 0 amide bonds. The number of benzene rings is 1. The van der Waals surface area contributed by atoms with E-state index in [4.69, 9.17) is 4.74 Å². The molecule has 0 bridgehead atoms. The third-order valence-electron chi connectivity index (χ3n) is 3.38. The van der Waals surface area contributed by atoms with Crippen LogP contribution in [0, 0.1) is 6.92 Å². The molecule has 94 valence electrons. The van der Waals surface area contributed by atoms with E-state index < -0.39 is 0 Å². The highest BCUT2D eigenvalue weighted by Crippen LogP contribution is 2.28. The second-order valence-electron chi connectivity index (χ2n) is 4.95. The minimum atomic E-state index is 0.276. The van der Waals surface area contributed by atoms with Crippen molar-refractivity contribution in [2.75, 3.05) is 13.2 Å². The molecule has 2 nitrogen and oxygen atoms in total. The minimum absolute atomic E-state index is 0.276. The molecule has 1 aliphatic heterocycles. The Bertz CT molecular complexity index is 351. The first-order valence-corrected chi connectivity index (χ1v) is 6.71. The van der Waals surface area contributed by atoms with Crippen molar-refractivity contribution in [2.24, 2.45) is 0 Å². The lowest BCUT2D eigenvalue weighted by atomic mass is 9.96. The molecule has 1 aromatic carbocycles. The molecule has 2 heteroatoms. The van der Waals surface area contributed by atoms with Crippen molar-refractivity contribution in [3.05, 3.63) is 35.4 Å². The largest absolute Gasteiger partial charge is 0.373 e. The van der Waals surface area contributed by atoms with Crippen LogP contribution >= 0.6 is 0 Å². The van der Waals surface area contributed by atoms with Gasteiger partial charge in [0.2, 0.25) is 0 Å². The topological polar surface area (TPSA) is 21.3 Å². The van der Waals surface area contributed by atoms with Crippen molar-refractivity contribution in [1.29, 1.82) is 0 Å². The lowest BCUT2D eigenvalue weighted by Crippen LogP contribution is -2.36. The zero-order valence-corrected chi connectivity index (χ0v) is 10.9. The monoisotopic (exact) mass is 233 g/mol. The first kappa shape index (κ1) is 12.6. The number of hydrogen-bond donors (Lipinski definition) is 1. The summed E-state index contributed by atoms with van der Waals surface area (Å²) >= 11 is 0. The molecule has 1 aromatic rings. The number of aryl methyl sites for hydroxylation is 1. The van der Waals surface area contributed by atoms with Gasteiger partial charge in [-0.1, -0.05) is 36.8 Å². The zero-order chi connectivity index (χ0) is 12.1. The number of nitrogens with one attached hydrogen (secondary N) is 1. The van der Waals surface area contributed by atoms with Crippen molar-refractivity contribution < 1.29 is 4.74 Å². The molecule has 17 heavy (non-hydrogen) atoms. The van der Waals surface area contributed by atoms with E-state index in [1.54, 1.807) is 0 Å². The lowest BCUT2D eigenvalue weighted by Gasteiger charge is -2.30. The van der Waals surface area contributed by atoms with Crippen molar-refractivity contribution in [3.8, 4) is 0 Å². The summed E-state index contributed by atoms with van der Waals surface area (Å²) in [7, 11) is 0. The van der Waals surface area contributed by atoms with E-state index in [-0.39, 0.29) is 6.10 Å². The zero-order valence-electron chi connectivity index (χ0n) is 10.9. The Morgan fingerprint density at radius 1 is 1.41 bits per heavy atom. The molecule has 1 N–H and O–H groups in total. The molecule has 0 saturated carbocycles. The second kappa shape index (κ2) is 6.18. The average Bonchev–Trinajstić information content (AvgIpc) is 2.37. The maximum atomic E-state index is 5.89. The Hall–Kier alpha value is -0.860. The van der Waals surface area contributed by atoms with Crippen molar-refractivity contribution >= 4 is 0 Å². The molecule has 2 atom stereocenters. The van der Waals surface area contributed by atoms with E-state index in [1.165, 1.54) is 17.5 Å². The Morgan fingerprint density at radius 3 is 3.06 bits per heavy atom. The summed E-state index contributed by atoms with van der Waals surface area (Å²) in [6, 6.07) is 9.30. The molecular weight excluding hydrogens is 210 g/mol. The quantitative estimate of drug-likeness (QED) is 0.862. The van der Waals surface area contributed by atoms with E-state index >= 15 is 0 Å². The van der Waals surface area contributed by atoms with Crippen LogP contribution in [0.4, 0.5) is 0 Å². The van der Waals surface area contributed by atoms with Crippen LogP contribution in [0.5, 0.6) is 0 Å². The van der Waals surface area contributed by atoms with Crippen LogP contribution in [-0.4, -0.2) is 19.2 Å². The molecule has 0 radical (unpaired) electrons. The summed E-state index contributed by atoms with van der Waals surface area (Å²) in [6.45, 7) is 6.34. The molecule has 1 fully saturated rings. The van der Waals surface area contributed by atoms with E-state index in [2.05, 4.69) is 43.4 Å². The molecule has 0 spiro atoms. The van der Waals surface area contributed by atoms with E-state index in [0.29, 0.717) is 6.04 Å². The third-order valence-corrected chi connectivity index (χ3v) is 3.38. The summed E-state index contributed by atoms with van der Waals surface area (Å²) in [5, 5.41) is 3.61. The molecule has 2 unspecified atom stereocenters. The van der Waals surface area contributed by atoms with Gasteiger partial charge in [0.15, 0.2) is 0 Å². The van der Waals surface area contributed by atoms with Gasteiger partial charge in [-0.2, -0.15) is 0 Å². The fourth-order valence-corrected chi connectivity index (χ4v) is 2.43. The minimum Gasteiger partial charge on any atom is -0.373 e. The molecular formula is C15H23NO. The maximum Gasteiger partial charge on any atom is 0.0839 e. The van der Waals surface area contributed by atoms with E-state index in [0.717, 1.165) is 26.0 Å². The van der Waals surface area contributed by atoms with Gasteiger partial charge in [0.05, 0.1) is 6.10 Å². The summed E-state index contributed by atoms with van der Waals surface area (Å²) in [5.41, 5.74) is 2.64. The highest BCUT2D eigenvalue weighted by atomic mass is 16.5. The smallest absolute Gasteiger partial charge is 0.0839 e. The van der Waals surface area contributed by atoms with Gasteiger partial charge in [0, 0.05) is 12.6 Å². The van der Waals surface area contributed by atoms with Gasteiger partial charge >= 0.3 is 0 Å². The van der Waals surface area contributed by atoms with Crippen LogP contribution in [0.25, 0.3) is 0 Å². The van der Waals surface area contributed by atoms with Crippen molar-refractivity contribution in [3.63, 3.8) is 0 Å². The first-order chi connectivity index (χ1) is 8.29. The van der Waals surface area contributed by atoms with Gasteiger partial charge < -0.3 is 10.1 Å². The van der Waals surface area contributed by atoms with Gasteiger partial charge in [-0.3, -0.25) is 0 Å². The van der Waals surface area contributed by atoms with E-state index in [9.17, 15) is 0 Å². The third kappa shape index (κ3) is 3.55. The van der Waals surface area contributed by atoms with Gasteiger partial charge in [-0.25, -0.2) is 0 Å². The van der Waals surface area contributed by atoms with E-state index in [1.807, 2.05) is 0 Å². The number of rotatable bonds is 4. The Kier molecular flexibility index (Phi) is 4.57. The van der Waals surface area contributed by atoms with Crippen LogP contribution in [0.1, 0.15) is 43.4 Å². The van der Waals surface area contributed by atoms with Crippen LogP contribution in [0.3, 0.4) is 0 Å². The summed E-state index contributed by atoms with van der Waals surface area (Å²) in [5.74, 6) is 0. The Morgan fingerprint density at radius 2 is 2.29 bits per heavy atom. The van der Waals surface area contributed by atoms with Gasteiger partial charge in [-0.05, 0) is 38.3 Å². The highest BCUT2D eigenvalue weighted by Gasteiger charge is 2.23. The fourth-order valence-electron chi connectivity index (χ4n) is 2.43. The summed E-state index contributed by atoms with van der Waals surface area (Å²) < 4.78 is 5.89. The second-order valence-corrected chi connectivity index (χ2v) is 4.95. The van der Waals surface area contributed by atoms with Crippen LogP contribution in [0.2, 0.25) is 0 Å². The van der Waals surface area contributed by atoms with Gasteiger partial charge in [0.1, 0.15) is 0 Å². The van der Waals surface area contributed by atoms with Gasteiger partial charge in [0.25, 0.3) is 0 Å². The van der Waals surface area contributed by atoms with Crippen LogP contribution < -0.4 is 5.32 Å². The lowest BCUT2D eigenvalue weighted by molar-refractivity contribution is 0.000328. The van der Waals surface area contributed by atoms with Crippen molar-refractivity contribution in [2.45, 2.75) is 45.3 Å². The molecule has 1 aliphatic rings. The summed E-state index contributed by atoms with van der Waals surface area (Å²) in [4.78, 5) is 0. The van der Waals surface area contributed by atoms with Gasteiger partial charge in [-0.15, -0.1) is 0 Å². The fraction of sp³-hybridized carbons (Fsp3) is 0.600. The first-order valence-electron chi connectivity index (χ1n) is 6.71. The molecule has 0 aliphatic carbocycles. The molecule has 2 rings (SSSR count). The van der Waals surface area contributed by atoms with Crippen molar-refractivity contribution in [1.82, 2.24) is 5.32 Å². The predicted molar refractivity (Wildman–Crippen MR) is 71.2 cm³/mol. The Labute approximate surface area is 104 Å². The Balaban J connectivity index is 1.97. The number of ether oxygens (including phenoxy) is 1. The molecule has 0 aromatic heterocycles. The highest BCUT2D eigenvalue weighted by molar-refractivity contribution is 5.24. The molecule has 1 saturated heterocycles. The number of hydrogen-bond acceptors (Lipinski definition) is 2.